The third-order valence-corrected chi connectivity index (χ3v) is 3.78. The summed E-state index contributed by atoms with van der Waals surface area (Å²) in [5, 5.41) is 11.4. The number of amides is 1. The van der Waals surface area contributed by atoms with E-state index in [1.54, 1.807) is 30.3 Å². The number of nitro benzene ring substituents is 1. The first-order valence-electron chi connectivity index (χ1n) is 6.87. The molecule has 0 radical (unpaired) electrons. The quantitative estimate of drug-likeness (QED) is 0.640. The molecule has 0 saturated carbocycles. The molecule has 1 aliphatic rings. The van der Waals surface area contributed by atoms with Crippen molar-refractivity contribution in [2.24, 2.45) is 0 Å². The van der Waals surface area contributed by atoms with Crippen molar-refractivity contribution in [1.29, 1.82) is 0 Å². The van der Waals surface area contributed by atoms with Crippen LogP contribution in [0, 0.1) is 10.1 Å². The molecule has 1 amide bonds. The molecule has 1 heterocycles. The normalized spacial score (nSPS) is 13.0. The van der Waals surface area contributed by atoms with Crippen LogP contribution < -0.4 is 14.4 Å². The predicted molar refractivity (Wildman–Crippen MR) is 83.2 cm³/mol. The van der Waals surface area contributed by atoms with Crippen molar-refractivity contribution in [3.63, 3.8) is 0 Å². The number of nitrogens with zero attached hydrogens (tertiary/aromatic N) is 2. The van der Waals surface area contributed by atoms with Crippen LogP contribution in [0.3, 0.4) is 0 Å². The summed E-state index contributed by atoms with van der Waals surface area (Å²) < 4.78 is 10.2. The van der Waals surface area contributed by atoms with Gasteiger partial charge in [0.2, 0.25) is 0 Å². The number of nitro groups is 1. The SMILES string of the molecule is COc1cccc(N2Cc3ccc(OC)c([N+](=O)[O-])c3C2=O)c1. The number of benzene rings is 2. The number of fused-ring (bicyclic) bond motifs is 1. The highest BCUT2D eigenvalue weighted by Crippen LogP contribution is 2.39. The molecular weight excluding hydrogens is 300 g/mol. The molecule has 0 aromatic heterocycles. The topological polar surface area (TPSA) is 81.9 Å². The third-order valence-electron chi connectivity index (χ3n) is 3.78. The number of ether oxygens (including phenoxy) is 2. The highest BCUT2D eigenvalue weighted by molar-refractivity contribution is 6.13. The largest absolute Gasteiger partial charge is 0.497 e. The van der Waals surface area contributed by atoms with Gasteiger partial charge < -0.3 is 14.4 Å². The Kier molecular flexibility index (Phi) is 3.61. The van der Waals surface area contributed by atoms with E-state index in [0.717, 1.165) is 0 Å². The Bertz CT molecular complexity index is 803. The molecule has 118 valence electrons. The maximum Gasteiger partial charge on any atom is 0.323 e. The van der Waals surface area contributed by atoms with Gasteiger partial charge in [-0.1, -0.05) is 12.1 Å². The zero-order valence-corrected chi connectivity index (χ0v) is 12.6. The lowest BCUT2D eigenvalue weighted by Crippen LogP contribution is -2.23. The van der Waals surface area contributed by atoms with E-state index in [2.05, 4.69) is 0 Å². The minimum Gasteiger partial charge on any atom is -0.497 e. The van der Waals surface area contributed by atoms with Gasteiger partial charge in [0.15, 0.2) is 5.75 Å². The lowest BCUT2D eigenvalue weighted by atomic mass is 10.1. The molecule has 0 fully saturated rings. The summed E-state index contributed by atoms with van der Waals surface area (Å²) in [6.07, 6.45) is 0. The Morgan fingerprint density at radius 1 is 1.17 bits per heavy atom. The van der Waals surface area contributed by atoms with Crippen molar-refractivity contribution in [2.45, 2.75) is 6.54 Å². The van der Waals surface area contributed by atoms with Crippen LogP contribution in [0.2, 0.25) is 0 Å². The van der Waals surface area contributed by atoms with Gasteiger partial charge in [-0.15, -0.1) is 0 Å². The van der Waals surface area contributed by atoms with Crippen LogP contribution >= 0.6 is 0 Å². The Balaban J connectivity index is 2.09. The van der Waals surface area contributed by atoms with Gasteiger partial charge in [-0.25, -0.2) is 0 Å². The van der Waals surface area contributed by atoms with Gasteiger partial charge in [0, 0.05) is 11.8 Å². The van der Waals surface area contributed by atoms with Gasteiger partial charge in [0.05, 0.1) is 25.7 Å². The lowest BCUT2D eigenvalue weighted by molar-refractivity contribution is -0.386. The van der Waals surface area contributed by atoms with Gasteiger partial charge in [-0.05, 0) is 23.8 Å². The molecule has 0 unspecified atom stereocenters. The molecule has 0 N–H and O–H groups in total. The van der Waals surface area contributed by atoms with Crippen molar-refractivity contribution in [3.05, 3.63) is 57.6 Å². The van der Waals surface area contributed by atoms with Crippen LogP contribution in [0.25, 0.3) is 0 Å². The second-order valence-corrected chi connectivity index (χ2v) is 5.00. The molecule has 7 heteroatoms. The van der Waals surface area contributed by atoms with Crippen LogP contribution in [0.5, 0.6) is 11.5 Å². The van der Waals surface area contributed by atoms with Gasteiger partial charge in [0.1, 0.15) is 11.3 Å². The smallest absolute Gasteiger partial charge is 0.323 e. The maximum absolute atomic E-state index is 12.7. The van der Waals surface area contributed by atoms with E-state index in [0.29, 0.717) is 17.0 Å². The van der Waals surface area contributed by atoms with E-state index in [4.69, 9.17) is 9.47 Å². The summed E-state index contributed by atoms with van der Waals surface area (Å²) in [4.78, 5) is 25.0. The molecule has 23 heavy (non-hydrogen) atoms. The standard InChI is InChI=1S/C16H14N2O5/c1-22-12-5-3-4-11(8-12)17-9-10-6-7-13(23-2)15(18(20)21)14(10)16(17)19/h3-8H,9H2,1-2H3. The zero-order chi connectivity index (χ0) is 16.6. The highest BCUT2D eigenvalue weighted by atomic mass is 16.6. The van der Waals surface area contributed by atoms with E-state index in [9.17, 15) is 14.9 Å². The number of methoxy groups -OCH3 is 2. The van der Waals surface area contributed by atoms with Gasteiger partial charge in [-0.3, -0.25) is 14.9 Å². The van der Waals surface area contributed by atoms with Gasteiger partial charge in [-0.2, -0.15) is 0 Å². The maximum atomic E-state index is 12.7. The minimum atomic E-state index is -0.579. The molecule has 0 saturated heterocycles. The summed E-state index contributed by atoms with van der Waals surface area (Å²) in [5.74, 6) is 0.270. The molecule has 3 rings (SSSR count). The monoisotopic (exact) mass is 314 g/mol. The Hall–Kier alpha value is -3.09. The second kappa shape index (κ2) is 5.60. The lowest BCUT2D eigenvalue weighted by Gasteiger charge is -2.16. The van der Waals surface area contributed by atoms with Crippen molar-refractivity contribution >= 4 is 17.3 Å². The molecule has 2 aromatic carbocycles. The van der Waals surface area contributed by atoms with Crippen molar-refractivity contribution < 1.29 is 19.2 Å². The summed E-state index contributed by atoms with van der Waals surface area (Å²) in [5.41, 5.74) is 1.02. The van der Waals surface area contributed by atoms with Crippen molar-refractivity contribution in [1.82, 2.24) is 0 Å². The summed E-state index contributed by atoms with van der Waals surface area (Å²) in [6, 6.07) is 10.2. The number of hydrogen-bond acceptors (Lipinski definition) is 5. The van der Waals surface area contributed by atoms with Gasteiger partial charge >= 0.3 is 5.69 Å². The van der Waals surface area contributed by atoms with Gasteiger partial charge in [0.25, 0.3) is 5.91 Å². The minimum absolute atomic E-state index is 0.0783. The number of rotatable bonds is 4. The molecule has 0 spiro atoms. The van der Waals surface area contributed by atoms with Crippen LogP contribution in [-0.4, -0.2) is 25.1 Å². The van der Waals surface area contributed by atoms with E-state index in [-0.39, 0.29) is 23.5 Å². The van der Waals surface area contributed by atoms with Crippen LogP contribution in [0.1, 0.15) is 15.9 Å². The van der Waals surface area contributed by atoms with Crippen LogP contribution in [0.15, 0.2) is 36.4 Å². The van der Waals surface area contributed by atoms with Crippen molar-refractivity contribution in [3.8, 4) is 11.5 Å². The highest BCUT2D eigenvalue weighted by Gasteiger charge is 2.38. The van der Waals surface area contributed by atoms with E-state index in [1.165, 1.54) is 25.2 Å². The Morgan fingerprint density at radius 3 is 2.61 bits per heavy atom. The fourth-order valence-electron chi connectivity index (χ4n) is 2.69. The molecule has 0 atom stereocenters. The first kappa shape index (κ1) is 14.8. The van der Waals surface area contributed by atoms with E-state index >= 15 is 0 Å². The number of anilines is 1. The fourth-order valence-corrected chi connectivity index (χ4v) is 2.69. The molecule has 1 aliphatic heterocycles. The number of carbonyl (C=O) groups is 1. The zero-order valence-electron chi connectivity index (χ0n) is 12.6. The average Bonchev–Trinajstić information content (AvgIpc) is 2.90. The summed E-state index contributed by atoms with van der Waals surface area (Å²) >= 11 is 0. The summed E-state index contributed by atoms with van der Waals surface area (Å²) in [6.45, 7) is 0.270. The summed E-state index contributed by atoms with van der Waals surface area (Å²) in [7, 11) is 2.88. The van der Waals surface area contributed by atoms with E-state index in [1.807, 2.05) is 0 Å². The number of hydrogen-bond donors (Lipinski definition) is 0. The third kappa shape index (κ3) is 2.36. The molecule has 0 aliphatic carbocycles. The first-order chi connectivity index (χ1) is 11.1. The fraction of sp³-hybridized carbons (Fsp3) is 0.188. The first-order valence-corrected chi connectivity index (χ1v) is 6.87. The van der Waals surface area contributed by atoms with Crippen LogP contribution in [0.4, 0.5) is 11.4 Å². The molecule has 0 bridgehead atoms. The van der Waals surface area contributed by atoms with E-state index < -0.39 is 10.8 Å². The predicted octanol–water partition coefficient (Wildman–Crippen LogP) is 2.77. The number of carbonyl (C=O) groups excluding carboxylic acids is 1. The molecule has 7 nitrogen and oxygen atoms in total. The average molecular weight is 314 g/mol. The van der Waals surface area contributed by atoms with Crippen molar-refractivity contribution in [2.75, 3.05) is 19.1 Å². The molecular formula is C16H14N2O5. The van der Waals surface area contributed by atoms with Crippen LogP contribution in [-0.2, 0) is 6.54 Å². The second-order valence-electron chi connectivity index (χ2n) is 5.00. The Labute approximate surface area is 132 Å². The Morgan fingerprint density at radius 2 is 1.96 bits per heavy atom. The molecule has 2 aromatic rings.